The van der Waals surface area contributed by atoms with Gasteiger partial charge in [-0.1, -0.05) is 33.8 Å². The summed E-state index contributed by atoms with van der Waals surface area (Å²) >= 11 is 0. The van der Waals surface area contributed by atoms with Gasteiger partial charge in [-0.15, -0.1) is 0 Å². The van der Waals surface area contributed by atoms with Gasteiger partial charge in [0.1, 0.15) is 11.6 Å². The van der Waals surface area contributed by atoms with E-state index in [1.807, 2.05) is 12.1 Å². The van der Waals surface area contributed by atoms with Crippen molar-refractivity contribution in [3.8, 4) is 5.75 Å². The number of hydrogen-bond acceptors (Lipinski definition) is 2. The molecule has 108 valence electrons. The Labute approximate surface area is 116 Å². The Balaban J connectivity index is 2.96. The summed E-state index contributed by atoms with van der Waals surface area (Å²) in [6, 6.07) is 5.15. The Morgan fingerprint density at radius 1 is 1.32 bits per heavy atom. The molecular weight excluding hydrogens is 241 g/mol. The standard InChI is InChI=1S/C16H26FNO/c1-6-9-18-15(11-16(2,3)4)13-8-7-12(19-5)10-14(13)17/h7-8,10,15,18H,6,9,11H2,1-5H3. The molecule has 1 aromatic carbocycles. The minimum atomic E-state index is -0.197. The van der Waals surface area contributed by atoms with Crippen molar-refractivity contribution in [2.45, 2.75) is 46.6 Å². The molecule has 0 bridgehead atoms. The van der Waals surface area contributed by atoms with Crippen LogP contribution >= 0.6 is 0 Å². The molecule has 0 aliphatic rings. The first-order valence-corrected chi connectivity index (χ1v) is 6.94. The van der Waals surface area contributed by atoms with Gasteiger partial charge in [0, 0.05) is 17.7 Å². The first kappa shape index (κ1) is 16.0. The minimum absolute atomic E-state index is 0.0471. The molecule has 0 aliphatic heterocycles. The van der Waals surface area contributed by atoms with Gasteiger partial charge >= 0.3 is 0 Å². The fourth-order valence-electron chi connectivity index (χ4n) is 2.14. The van der Waals surface area contributed by atoms with Crippen molar-refractivity contribution in [1.82, 2.24) is 5.32 Å². The zero-order valence-electron chi connectivity index (χ0n) is 12.7. The van der Waals surface area contributed by atoms with Crippen LogP contribution in [0.5, 0.6) is 5.75 Å². The van der Waals surface area contributed by atoms with E-state index in [0.29, 0.717) is 5.75 Å². The van der Waals surface area contributed by atoms with E-state index < -0.39 is 0 Å². The van der Waals surface area contributed by atoms with E-state index in [2.05, 4.69) is 33.0 Å². The largest absolute Gasteiger partial charge is 0.497 e. The van der Waals surface area contributed by atoms with E-state index in [4.69, 9.17) is 4.74 Å². The van der Waals surface area contributed by atoms with Gasteiger partial charge in [0.25, 0.3) is 0 Å². The van der Waals surface area contributed by atoms with Crippen LogP contribution < -0.4 is 10.1 Å². The molecule has 0 aliphatic carbocycles. The van der Waals surface area contributed by atoms with Crippen molar-refractivity contribution in [1.29, 1.82) is 0 Å². The Kier molecular flexibility index (Phi) is 5.80. The predicted octanol–water partition coefficient (Wildman–Crippen LogP) is 4.31. The second-order valence-corrected chi connectivity index (χ2v) is 6.16. The molecule has 0 fully saturated rings. The van der Waals surface area contributed by atoms with E-state index in [9.17, 15) is 4.39 Å². The molecule has 0 amide bonds. The second kappa shape index (κ2) is 6.90. The average molecular weight is 267 g/mol. The molecule has 2 nitrogen and oxygen atoms in total. The van der Waals surface area contributed by atoms with Crippen molar-refractivity contribution in [2.75, 3.05) is 13.7 Å². The third-order valence-corrected chi connectivity index (χ3v) is 3.04. The maximum Gasteiger partial charge on any atom is 0.131 e. The molecule has 0 heterocycles. The van der Waals surface area contributed by atoms with Crippen molar-refractivity contribution >= 4 is 0 Å². The van der Waals surface area contributed by atoms with Gasteiger partial charge in [0.05, 0.1) is 7.11 Å². The lowest BCUT2D eigenvalue weighted by Gasteiger charge is -2.27. The summed E-state index contributed by atoms with van der Waals surface area (Å²) in [6.07, 6.45) is 1.94. The fourth-order valence-corrected chi connectivity index (χ4v) is 2.14. The molecule has 0 aromatic heterocycles. The van der Waals surface area contributed by atoms with Crippen LogP contribution in [0.2, 0.25) is 0 Å². The summed E-state index contributed by atoms with van der Waals surface area (Å²) in [6.45, 7) is 9.54. The van der Waals surface area contributed by atoms with E-state index in [0.717, 1.165) is 24.9 Å². The first-order chi connectivity index (χ1) is 8.87. The molecule has 0 radical (unpaired) electrons. The summed E-state index contributed by atoms with van der Waals surface area (Å²) in [5.41, 5.74) is 0.877. The molecule has 1 aromatic rings. The van der Waals surface area contributed by atoms with Gasteiger partial charge in [-0.2, -0.15) is 0 Å². The number of halogens is 1. The van der Waals surface area contributed by atoms with Gasteiger partial charge in [-0.25, -0.2) is 4.39 Å². The van der Waals surface area contributed by atoms with Crippen molar-refractivity contribution < 1.29 is 9.13 Å². The summed E-state index contributed by atoms with van der Waals surface area (Å²) in [5.74, 6) is 0.364. The Morgan fingerprint density at radius 2 is 2.00 bits per heavy atom. The number of nitrogens with one attached hydrogen (secondary N) is 1. The maximum absolute atomic E-state index is 14.2. The number of rotatable bonds is 6. The Bertz CT molecular complexity index is 398. The molecule has 0 spiro atoms. The van der Waals surface area contributed by atoms with Crippen LogP contribution in [0.3, 0.4) is 0 Å². The van der Waals surface area contributed by atoms with Crippen molar-refractivity contribution in [3.63, 3.8) is 0 Å². The van der Waals surface area contributed by atoms with Crippen LogP contribution in [-0.4, -0.2) is 13.7 Å². The molecule has 0 saturated carbocycles. The third kappa shape index (κ3) is 5.19. The molecule has 1 atom stereocenters. The van der Waals surface area contributed by atoms with E-state index in [1.165, 1.54) is 6.07 Å². The minimum Gasteiger partial charge on any atom is -0.497 e. The molecule has 19 heavy (non-hydrogen) atoms. The van der Waals surface area contributed by atoms with Gasteiger partial charge in [0.15, 0.2) is 0 Å². The van der Waals surface area contributed by atoms with E-state index in [-0.39, 0.29) is 17.3 Å². The van der Waals surface area contributed by atoms with Gasteiger partial charge < -0.3 is 10.1 Å². The molecular formula is C16H26FNO. The van der Waals surface area contributed by atoms with E-state index >= 15 is 0 Å². The molecule has 0 saturated heterocycles. The number of benzene rings is 1. The summed E-state index contributed by atoms with van der Waals surface area (Å²) in [7, 11) is 1.55. The second-order valence-electron chi connectivity index (χ2n) is 6.16. The van der Waals surface area contributed by atoms with Crippen LogP contribution in [0.1, 0.15) is 52.1 Å². The Morgan fingerprint density at radius 3 is 2.47 bits per heavy atom. The average Bonchev–Trinajstić information content (AvgIpc) is 2.33. The zero-order valence-corrected chi connectivity index (χ0v) is 12.7. The van der Waals surface area contributed by atoms with Crippen LogP contribution in [0.4, 0.5) is 4.39 Å². The third-order valence-electron chi connectivity index (χ3n) is 3.04. The summed E-state index contributed by atoms with van der Waals surface area (Å²) in [4.78, 5) is 0. The van der Waals surface area contributed by atoms with Crippen molar-refractivity contribution in [2.24, 2.45) is 5.41 Å². The highest BCUT2D eigenvalue weighted by Crippen LogP contribution is 2.31. The molecule has 1 unspecified atom stereocenters. The van der Waals surface area contributed by atoms with Gasteiger partial charge in [0.2, 0.25) is 0 Å². The fraction of sp³-hybridized carbons (Fsp3) is 0.625. The van der Waals surface area contributed by atoms with Crippen LogP contribution in [0.15, 0.2) is 18.2 Å². The number of hydrogen-bond donors (Lipinski definition) is 1. The molecule has 1 rings (SSSR count). The highest BCUT2D eigenvalue weighted by atomic mass is 19.1. The van der Waals surface area contributed by atoms with E-state index in [1.54, 1.807) is 7.11 Å². The highest BCUT2D eigenvalue weighted by molar-refractivity contribution is 5.31. The number of ether oxygens (including phenoxy) is 1. The van der Waals surface area contributed by atoms with Crippen LogP contribution in [0, 0.1) is 11.2 Å². The van der Waals surface area contributed by atoms with Crippen molar-refractivity contribution in [3.05, 3.63) is 29.6 Å². The smallest absolute Gasteiger partial charge is 0.131 e. The topological polar surface area (TPSA) is 21.3 Å². The monoisotopic (exact) mass is 267 g/mol. The lowest BCUT2D eigenvalue weighted by Crippen LogP contribution is -2.27. The van der Waals surface area contributed by atoms with Gasteiger partial charge in [-0.3, -0.25) is 0 Å². The van der Waals surface area contributed by atoms with Crippen LogP contribution in [0.25, 0.3) is 0 Å². The molecule has 1 N–H and O–H groups in total. The molecule has 3 heteroatoms. The number of methoxy groups -OCH3 is 1. The van der Waals surface area contributed by atoms with Crippen LogP contribution in [-0.2, 0) is 0 Å². The highest BCUT2D eigenvalue weighted by Gasteiger charge is 2.22. The SMILES string of the molecule is CCCNC(CC(C)(C)C)c1ccc(OC)cc1F. The summed E-state index contributed by atoms with van der Waals surface area (Å²) in [5, 5.41) is 3.44. The normalized spacial score (nSPS) is 13.4. The quantitative estimate of drug-likeness (QED) is 0.829. The zero-order chi connectivity index (χ0) is 14.5. The van der Waals surface area contributed by atoms with Gasteiger partial charge in [-0.05, 0) is 30.9 Å². The lowest BCUT2D eigenvalue weighted by atomic mass is 9.85. The first-order valence-electron chi connectivity index (χ1n) is 6.94. The Hall–Kier alpha value is -1.09. The maximum atomic E-state index is 14.2. The summed E-state index contributed by atoms with van der Waals surface area (Å²) < 4.78 is 19.2. The predicted molar refractivity (Wildman–Crippen MR) is 78.1 cm³/mol. The lowest BCUT2D eigenvalue weighted by molar-refractivity contribution is 0.306.